The molecule has 0 heterocycles. The van der Waals surface area contributed by atoms with Crippen LogP contribution < -0.4 is 11.5 Å². The fourth-order valence-corrected chi connectivity index (χ4v) is 2.84. The van der Waals surface area contributed by atoms with Gasteiger partial charge in [0, 0.05) is 6.04 Å². The Hall–Kier alpha value is -0.750. The molecular weight excluding hydrogens is 250 g/mol. The zero-order valence-electron chi connectivity index (χ0n) is 10.9. The van der Waals surface area contributed by atoms with Crippen molar-refractivity contribution in [3.63, 3.8) is 0 Å². The summed E-state index contributed by atoms with van der Waals surface area (Å²) in [5, 5.41) is 0. The average Bonchev–Trinajstić information content (AvgIpc) is 2.85. The number of rotatable bonds is 7. The van der Waals surface area contributed by atoms with Gasteiger partial charge in [-0.15, -0.1) is 0 Å². The molecule has 4 N–H and O–H groups in total. The first kappa shape index (κ1) is 15.3. The fourth-order valence-electron chi connectivity index (χ4n) is 2.35. The van der Waals surface area contributed by atoms with Crippen molar-refractivity contribution in [2.24, 2.45) is 11.5 Å². The molecule has 0 radical (unpaired) electrons. The van der Waals surface area contributed by atoms with Crippen molar-refractivity contribution in [2.75, 3.05) is 18.6 Å². The Labute approximate surface area is 113 Å². The van der Waals surface area contributed by atoms with Crippen molar-refractivity contribution in [1.29, 1.82) is 0 Å². The molecular formula is C12H23N3O2S. The molecule has 1 fully saturated rings. The van der Waals surface area contributed by atoms with E-state index in [1.54, 1.807) is 16.7 Å². The van der Waals surface area contributed by atoms with Gasteiger partial charge in [-0.25, -0.2) is 0 Å². The van der Waals surface area contributed by atoms with Gasteiger partial charge in [0.1, 0.15) is 0 Å². The molecule has 5 nitrogen and oxygen atoms in total. The maximum Gasteiger partial charge on any atom is 0.240 e. The Balaban J connectivity index is 2.62. The number of nitrogens with zero attached hydrogens (tertiary/aromatic N) is 1. The lowest BCUT2D eigenvalue weighted by Crippen LogP contribution is -2.51. The monoisotopic (exact) mass is 273 g/mol. The molecule has 104 valence electrons. The number of hydrogen-bond donors (Lipinski definition) is 2. The van der Waals surface area contributed by atoms with Crippen molar-refractivity contribution in [2.45, 2.75) is 44.2 Å². The van der Waals surface area contributed by atoms with E-state index in [0.717, 1.165) is 31.4 Å². The highest BCUT2D eigenvalue weighted by Gasteiger charge is 2.30. The first-order valence-electron chi connectivity index (χ1n) is 6.39. The third kappa shape index (κ3) is 4.49. The van der Waals surface area contributed by atoms with E-state index in [2.05, 4.69) is 0 Å². The minimum atomic E-state index is -0.516. The Bertz CT molecular complexity index is 293. The quantitative estimate of drug-likeness (QED) is 0.699. The lowest BCUT2D eigenvalue weighted by Gasteiger charge is -2.30. The lowest BCUT2D eigenvalue weighted by molar-refractivity contribution is -0.138. The van der Waals surface area contributed by atoms with Crippen LogP contribution in [0.5, 0.6) is 0 Å². The molecule has 1 aliphatic rings. The van der Waals surface area contributed by atoms with Crippen LogP contribution in [0.25, 0.3) is 0 Å². The van der Waals surface area contributed by atoms with Gasteiger partial charge in [-0.2, -0.15) is 11.8 Å². The van der Waals surface area contributed by atoms with E-state index in [1.807, 2.05) is 6.26 Å². The lowest BCUT2D eigenvalue weighted by atomic mass is 10.1. The molecule has 6 heteroatoms. The number of hydrogen-bond acceptors (Lipinski definition) is 4. The minimum absolute atomic E-state index is 0.00350. The van der Waals surface area contributed by atoms with Gasteiger partial charge in [0.15, 0.2) is 0 Å². The molecule has 1 aliphatic carbocycles. The topological polar surface area (TPSA) is 89.4 Å². The van der Waals surface area contributed by atoms with Gasteiger partial charge in [0.2, 0.25) is 11.8 Å². The molecule has 1 saturated carbocycles. The summed E-state index contributed by atoms with van der Waals surface area (Å²) in [5.41, 5.74) is 11.1. The highest BCUT2D eigenvalue weighted by Crippen LogP contribution is 2.24. The smallest absolute Gasteiger partial charge is 0.240 e. The molecule has 0 aromatic carbocycles. The van der Waals surface area contributed by atoms with E-state index in [0.29, 0.717) is 6.42 Å². The SMILES string of the molecule is CSCC[C@@H](N)C(=O)N(CC(N)=O)C1CCCC1. The van der Waals surface area contributed by atoms with Gasteiger partial charge >= 0.3 is 0 Å². The van der Waals surface area contributed by atoms with E-state index in [1.165, 1.54) is 0 Å². The summed E-state index contributed by atoms with van der Waals surface area (Å²) in [4.78, 5) is 24.9. The summed E-state index contributed by atoms with van der Waals surface area (Å²) in [7, 11) is 0. The number of thioether (sulfide) groups is 1. The van der Waals surface area contributed by atoms with Crippen LogP contribution in [0.3, 0.4) is 0 Å². The van der Waals surface area contributed by atoms with Crippen LogP contribution in [-0.2, 0) is 9.59 Å². The van der Waals surface area contributed by atoms with Crippen molar-refractivity contribution in [3.05, 3.63) is 0 Å². The molecule has 18 heavy (non-hydrogen) atoms. The van der Waals surface area contributed by atoms with Gasteiger partial charge in [-0.05, 0) is 31.3 Å². The highest BCUT2D eigenvalue weighted by atomic mass is 32.2. The second-order valence-corrected chi connectivity index (χ2v) is 5.74. The zero-order chi connectivity index (χ0) is 13.5. The molecule has 0 aromatic rings. The molecule has 0 saturated heterocycles. The Morgan fingerprint density at radius 3 is 2.50 bits per heavy atom. The summed E-state index contributed by atoms with van der Waals surface area (Å²) in [6.07, 6.45) is 6.74. The molecule has 1 rings (SSSR count). The maximum absolute atomic E-state index is 12.3. The number of amides is 2. The Morgan fingerprint density at radius 1 is 1.39 bits per heavy atom. The summed E-state index contributed by atoms with van der Waals surface area (Å²) in [6, 6.07) is -0.372. The van der Waals surface area contributed by atoms with Crippen LogP contribution in [0, 0.1) is 0 Å². The normalized spacial score (nSPS) is 17.7. The van der Waals surface area contributed by atoms with E-state index in [9.17, 15) is 9.59 Å². The van der Waals surface area contributed by atoms with Gasteiger partial charge in [-0.1, -0.05) is 12.8 Å². The summed E-state index contributed by atoms with van der Waals surface area (Å²) < 4.78 is 0. The van der Waals surface area contributed by atoms with Crippen LogP contribution in [0.15, 0.2) is 0 Å². The van der Waals surface area contributed by atoms with E-state index >= 15 is 0 Å². The predicted octanol–water partition coefficient (Wildman–Crippen LogP) is 0.323. The van der Waals surface area contributed by atoms with Crippen molar-refractivity contribution >= 4 is 23.6 Å². The summed E-state index contributed by atoms with van der Waals surface area (Å²) in [6.45, 7) is -0.00350. The third-order valence-electron chi connectivity index (χ3n) is 3.32. The number of nitrogens with two attached hydrogens (primary N) is 2. The molecule has 2 amide bonds. The fraction of sp³-hybridized carbons (Fsp3) is 0.833. The molecule has 0 unspecified atom stereocenters. The standard InChI is InChI=1S/C12H23N3O2S/c1-18-7-6-10(13)12(17)15(8-11(14)16)9-4-2-3-5-9/h9-10H,2-8,13H2,1H3,(H2,14,16)/t10-/m1/s1. The van der Waals surface area contributed by atoms with Crippen LogP contribution >= 0.6 is 11.8 Å². The summed E-state index contributed by atoms with van der Waals surface area (Å²) in [5.74, 6) is 0.254. The number of primary amides is 1. The first-order valence-corrected chi connectivity index (χ1v) is 7.79. The van der Waals surface area contributed by atoms with Gasteiger partial charge in [-0.3, -0.25) is 9.59 Å². The summed E-state index contributed by atoms with van der Waals surface area (Å²) >= 11 is 1.66. The van der Waals surface area contributed by atoms with Gasteiger partial charge in [0.25, 0.3) is 0 Å². The molecule has 1 atom stereocenters. The van der Waals surface area contributed by atoms with Crippen molar-refractivity contribution < 1.29 is 9.59 Å². The average molecular weight is 273 g/mol. The van der Waals surface area contributed by atoms with E-state index in [-0.39, 0.29) is 18.5 Å². The number of carbonyl (C=O) groups is 2. The van der Waals surface area contributed by atoms with Gasteiger partial charge in [0.05, 0.1) is 12.6 Å². The van der Waals surface area contributed by atoms with Crippen LogP contribution in [0.2, 0.25) is 0 Å². The van der Waals surface area contributed by atoms with E-state index < -0.39 is 11.9 Å². The Morgan fingerprint density at radius 2 is 2.00 bits per heavy atom. The maximum atomic E-state index is 12.3. The first-order chi connectivity index (χ1) is 8.56. The second kappa shape index (κ2) is 7.63. The highest BCUT2D eigenvalue weighted by molar-refractivity contribution is 7.98. The van der Waals surface area contributed by atoms with Crippen LogP contribution in [-0.4, -0.2) is 47.4 Å². The molecule has 0 aromatic heterocycles. The largest absolute Gasteiger partial charge is 0.368 e. The van der Waals surface area contributed by atoms with E-state index in [4.69, 9.17) is 11.5 Å². The Kier molecular flexibility index (Phi) is 6.49. The van der Waals surface area contributed by atoms with Crippen molar-refractivity contribution in [3.8, 4) is 0 Å². The van der Waals surface area contributed by atoms with Crippen LogP contribution in [0.1, 0.15) is 32.1 Å². The molecule has 0 aliphatic heterocycles. The number of carbonyl (C=O) groups excluding carboxylic acids is 2. The molecule has 0 bridgehead atoms. The van der Waals surface area contributed by atoms with Crippen LogP contribution in [0.4, 0.5) is 0 Å². The van der Waals surface area contributed by atoms with Gasteiger partial charge < -0.3 is 16.4 Å². The second-order valence-electron chi connectivity index (χ2n) is 4.76. The predicted molar refractivity (Wildman–Crippen MR) is 74.1 cm³/mol. The molecule has 0 spiro atoms. The minimum Gasteiger partial charge on any atom is -0.368 e. The zero-order valence-corrected chi connectivity index (χ0v) is 11.7. The van der Waals surface area contributed by atoms with Crippen molar-refractivity contribution in [1.82, 2.24) is 4.90 Å². The third-order valence-corrected chi connectivity index (χ3v) is 3.97.